The van der Waals surface area contributed by atoms with Crippen molar-refractivity contribution in [2.24, 2.45) is 0 Å². The molecule has 2 aromatic carbocycles. The van der Waals surface area contributed by atoms with E-state index in [1.807, 2.05) is 0 Å². The molecule has 0 spiro atoms. The van der Waals surface area contributed by atoms with Gasteiger partial charge in [0.2, 0.25) is 0 Å². The number of rotatable bonds is 3. The van der Waals surface area contributed by atoms with E-state index in [0.717, 1.165) is 0 Å². The Bertz CT molecular complexity index is 604. The van der Waals surface area contributed by atoms with Crippen LogP contribution in [0.5, 0.6) is 0 Å². The van der Waals surface area contributed by atoms with Gasteiger partial charge in [0.05, 0.1) is 10.5 Å². The highest BCUT2D eigenvalue weighted by atomic mass is 79.9. The van der Waals surface area contributed by atoms with Crippen LogP contribution in [0.3, 0.4) is 0 Å². The number of nitrogens with one attached hydrogen (secondary N) is 1. The van der Waals surface area contributed by atoms with Crippen LogP contribution in [0.25, 0.3) is 0 Å². The molecule has 0 bridgehead atoms. The zero-order valence-electron chi connectivity index (χ0n) is 10.1. The highest BCUT2D eigenvalue weighted by Crippen LogP contribution is 2.31. The lowest BCUT2D eigenvalue weighted by Crippen LogP contribution is -2.20. The van der Waals surface area contributed by atoms with E-state index < -0.39 is 17.7 Å². The lowest BCUT2D eigenvalue weighted by Gasteiger charge is -2.19. The third-order valence-corrected chi connectivity index (χ3v) is 3.69. The van der Waals surface area contributed by atoms with Crippen LogP contribution in [0.15, 0.2) is 40.9 Å². The fourth-order valence-electron chi connectivity index (χ4n) is 1.97. The fraction of sp³-hybridized carbons (Fsp3) is 0.143. The maximum absolute atomic E-state index is 14.1. The Morgan fingerprint density at radius 3 is 2.58 bits per heavy atom. The van der Waals surface area contributed by atoms with Crippen LogP contribution >= 0.6 is 27.5 Å². The van der Waals surface area contributed by atoms with Gasteiger partial charge < -0.3 is 5.32 Å². The minimum atomic E-state index is -0.612. The molecule has 1 atom stereocenters. The summed E-state index contributed by atoms with van der Waals surface area (Å²) in [6.45, 7) is 0. The molecule has 0 amide bonds. The van der Waals surface area contributed by atoms with E-state index in [1.165, 1.54) is 12.1 Å². The molecule has 2 aromatic rings. The Morgan fingerprint density at radius 2 is 1.95 bits per heavy atom. The van der Waals surface area contributed by atoms with Crippen molar-refractivity contribution < 1.29 is 8.78 Å². The zero-order valence-corrected chi connectivity index (χ0v) is 12.4. The van der Waals surface area contributed by atoms with Crippen LogP contribution in [0.4, 0.5) is 8.78 Å². The lowest BCUT2D eigenvalue weighted by molar-refractivity contribution is 0.518. The third kappa shape index (κ3) is 2.96. The summed E-state index contributed by atoms with van der Waals surface area (Å²) in [7, 11) is 1.64. The molecular formula is C14H11BrClF2N. The minimum absolute atomic E-state index is 0.0286. The molecule has 1 nitrogen and oxygen atoms in total. The standard InChI is InChI=1S/C14H11BrClF2N/c1-19-14(8-3-2-4-9(16)7-8)12-11(17)6-5-10(15)13(12)18/h2-7,14,19H,1H3. The van der Waals surface area contributed by atoms with Crippen molar-refractivity contribution in [3.63, 3.8) is 0 Å². The van der Waals surface area contributed by atoms with Crippen molar-refractivity contribution >= 4 is 27.5 Å². The Kier molecular flexibility index (Phi) is 4.55. The third-order valence-electron chi connectivity index (χ3n) is 2.84. The molecule has 0 aliphatic rings. The molecule has 1 unspecified atom stereocenters. The van der Waals surface area contributed by atoms with Gasteiger partial charge in [0.25, 0.3) is 0 Å². The summed E-state index contributed by atoms with van der Waals surface area (Å²) < 4.78 is 28.3. The SMILES string of the molecule is CNC(c1cccc(Cl)c1)c1c(F)ccc(Br)c1F. The first-order valence-corrected chi connectivity index (χ1v) is 6.77. The highest BCUT2D eigenvalue weighted by molar-refractivity contribution is 9.10. The summed E-state index contributed by atoms with van der Waals surface area (Å²) in [5.74, 6) is -1.21. The van der Waals surface area contributed by atoms with Crippen LogP contribution in [0, 0.1) is 11.6 Å². The van der Waals surface area contributed by atoms with Crippen molar-refractivity contribution in [2.75, 3.05) is 7.05 Å². The summed E-state index contributed by atoms with van der Waals surface area (Å²) in [4.78, 5) is 0. The van der Waals surface area contributed by atoms with Gasteiger partial charge in [-0.3, -0.25) is 0 Å². The van der Waals surface area contributed by atoms with Crippen molar-refractivity contribution in [1.29, 1.82) is 0 Å². The average molecular weight is 347 g/mol. The molecule has 5 heteroatoms. The summed E-state index contributed by atoms with van der Waals surface area (Å²) in [6.07, 6.45) is 0. The largest absolute Gasteiger partial charge is 0.309 e. The van der Waals surface area contributed by atoms with E-state index >= 15 is 0 Å². The molecule has 0 aliphatic carbocycles. The molecule has 0 saturated carbocycles. The predicted molar refractivity (Wildman–Crippen MR) is 76.4 cm³/mol. The summed E-state index contributed by atoms with van der Waals surface area (Å²) >= 11 is 8.99. The number of halogens is 4. The zero-order chi connectivity index (χ0) is 14.0. The second-order valence-corrected chi connectivity index (χ2v) is 5.32. The molecule has 0 aromatic heterocycles. The second kappa shape index (κ2) is 5.99. The Balaban J connectivity index is 2.57. The van der Waals surface area contributed by atoms with E-state index in [-0.39, 0.29) is 10.0 Å². The smallest absolute Gasteiger partial charge is 0.145 e. The Morgan fingerprint density at radius 1 is 1.21 bits per heavy atom. The molecule has 1 N–H and O–H groups in total. The van der Waals surface area contributed by atoms with Crippen molar-refractivity contribution in [1.82, 2.24) is 5.32 Å². The number of hydrogen-bond acceptors (Lipinski definition) is 1. The predicted octanol–water partition coefficient (Wildman–Crippen LogP) is 4.69. The van der Waals surface area contributed by atoms with Gasteiger partial charge in [-0.1, -0.05) is 23.7 Å². The summed E-state index contributed by atoms with van der Waals surface area (Å²) in [5.41, 5.74) is 0.671. The van der Waals surface area contributed by atoms with Crippen LogP contribution in [-0.4, -0.2) is 7.05 Å². The second-order valence-electron chi connectivity index (χ2n) is 4.03. The maximum Gasteiger partial charge on any atom is 0.145 e. The molecule has 19 heavy (non-hydrogen) atoms. The van der Waals surface area contributed by atoms with E-state index in [1.54, 1.807) is 31.3 Å². The van der Waals surface area contributed by atoms with Crippen molar-refractivity contribution in [3.8, 4) is 0 Å². The van der Waals surface area contributed by atoms with Crippen LogP contribution in [-0.2, 0) is 0 Å². The minimum Gasteiger partial charge on any atom is -0.309 e. The van der Waals surface area contributed by atoms with Crippen LogP contribution in [0.2, 0.25) is 5.02 Å². The Labute approximate surface area is 123 Å². The van der Waals surface area contributed by atoms with E-state index in [0.29, 0.717) is 10.6 Å². The molecule has 0 saturated heterocycles. The average Bonchev–Trinajstić information content (AvgIpc) is 2.39. The molecule has 2 rings (SSSR count). The summed E-state index contributed by atoms with van der Waals surface area (Å²) in [5, 5.41) is 3.43. The first-order valence-electron chi connectivity index (χ1n) is 5.60. The monoisotopic (exact) mass is 345 g/mol. The Hall–Kier alpha value is -0.970. The van der Waals surface area contributed by atoms with Gasteiger partial charge in [-0.15, -0.1) is 0 Å². The van der Waals surface area contributed by atoms with E-state index in [4.69, 9.17) is 11.6 Å². The molecular weight excluding hydrogens is 336 g/mol. The molecule has 0 radical (unpaired) electrons. The van der Waals surface area contributed by atoms with Gasteiger partial charge in [-0.2, -0.15) is 0 Å². The fourth-order valence-corrected chi connectivity index (χ4v) is 2.52. The van der Waals surface area contributed by atoms with Crippen LogP contribution < -0.4 is 5.32 Å². The number of benzene rings is 2. The molecule has 0 fully saturated rings. The quantitative estimate of drug-likeness (QED) is 0.795. The topological polar surface area (TPSA) is 12.0 Å². The van der Waals surface area contributed by atoms with Gasteiger partial charge in [-0.25, -0.2) is 8.78 Å². The van der Waals surface area contributed by atoms with Crippen molar-refractivity contribution in [3.05, 3.63) is 68.7 Å². The van der Waals surface area contributed by atoms with Gasteiger partial charge in [0.15, 0.2) is 0 Å². The highest BCUT2D eigenvalue weighted by Gasteiger charge is 2.22. The molecule has 100 valence electrons. The van der Waals surface area contributed by atoms with Gasteiger partial charge in [0.1, 0.15) is 11.6 Å². The van der Waals surface area contributed by atoms with E-state index in [9.17, 15) is 8.78 Å². The lowest BCUT2D eigenvalue weighted by atomic mass is 9.98. The number of hydrogen-bond donors (Lipinski definition) is 1. The normalized spacial score (nSPS) is 12.5. The molecule has 0 aliphatic heterocycles. The first-order chi connectivity index (χ1) is 9.04. The first kappa shape index (κ1) is 14.4. The summed E-state index contributed by atoms with van der Waals surface area (Å²) in [6, 6.07) is 8.89. The molecule has 0 heterocycles. The van der Waals surface area contributed by atoms with Crippen molar-refractivity contribution in [2.45, 2.75) is 6.04 Å². The van der Waals surface area contributed by atoms with E-state index in [2.05, 4.69) is 21.2 Å². The maximum atomic E-state index is 14.1. The van der Waals surface area contributed by atoms with Gasteiger partial charge >= 0.3 is 0 Å². The van der Waals surface area contributed by atoms with Crippen LogP contribution in [0.1, 0.15) is 17.2 Å². The van der Waals surface area contributed by atoms with Gasteiger partial charge in [0, 0.05) is 10.6 Å². The van der Waals surface area contributed by atoms with Gasteiger partial charge in [-0.05, 0) is 52.8 Å².